The molecule has 0 aromatic heterocycles. The molecule has 0 amide bonds. The fourth-order valence-corrected chi connectivity index (χ4v) is 7.97. The van der Waals surface area contributed by atoms with Crippen LogP contribution in [0, 0.1) is 28.6 Å². The van der Waals surface area contributed by atoms with Gasteiger partial charge in [-0.3, -0.25) is 14.4 Å². The van der Waals surface area contributed by atoms with Gasteiger partial charge in [-0.25, -0.2) is 0 Å². The molecule has 0 aromatic carbocycles. The van der Waals surface area contributed by atoms with E-state index in [0.29, 0.717) is 12.8 Å². The molecule has 180 valence electrons. The minimum absolute atomic E-state index is 0.0216. The van der Waals surface area contributed by atoms with E-state index in [1.165, 1.54) is 6.92 Å². The first-order chi connectivity index (χ1) is 15.3. The molecular weight excluding hydrogens is 424 g/mol. The third-order valence-corrected chi connectivity index (χ3v) is 9.44. The first-order valence-electron chi connectivity index (χ1n) is 12.0. The van der Waals surface area contributed by atoms with Crippen molar-refractivity contribution in [2.45, 2.75) is 83.9 Å². The summed E-state index contributed by atoms with van der Waals surface area (Å²) in [4.78, 5) is 36.8. The molecule has 33 heavy (non-hydrogen) atoms. The van der Waals surface area contributed by atoms with E-state index in [4.69, 9.17) is 14.2 Å². The van der Waals surface area contributed by atoms with Crippen LogP contribution in [-0.2, 0) is 28.6 Å². The summed E-state index contributed by atoms with van der Waals surface area (Å²) in [5, 5.41) is 11.9. The van der Waals surface area contributed by atoms with Crippen LogP contribution < -0.4 is 0 Å². The van der Waals surface area contributed by atoms with Gasteiger partial charge in [0, 0.05) is 23.7 Å². The monoisotopic (exact) mass is 458 g/mol. The van der Waals surface area contributed by atoms with E-state index in [9.17, 15) is 19.5 Å². The molecule has 4 fully saturated rings. The van der Waals surface area contributed by atoms with Crippen LogP contribution in [0.4, 0.5) is 0 Å². The average Bonchev–Trinajstić information content (AvgIpc) is 3.21. The van der Waals surface area contributed by atoms with Gasteiger partial charge in [0.1, 0.15) is 5.60 Å². The molecule has 3 saturated carbocycles. The zero-order valence-corrected chi connectivity index (χ0v) is 20.1. The second kappa shape index (κ2) is 7.09. The second-order valence-electron chi connectivity index (χ2n) is 11.4. The van der Waals surface area contributed by atoms with Crippen LogP contribution in [0.3, 0.4) is 0 Å². The molecule has 5 rings (SSSR count). The number of hydrogen-bond acceptors (Lipinski definition) is 7. The standard InChI is InChI=1S/C26H34O7/c1-14(27)31-13-19(29)26(30)11-9-18-17-7-6-15-12-16(28)8-10-24(15,4)20(17)21-22(25(18,26)5)33-23(2,3)32-21/h8,10,12,17-18,20-22,30H,6-7,9,11,13H2,1-5H3. The van der Waals surface area contributed by atoms with Gasteiger partial charge >= 0.3 is 5.97 Å². The van der Waals surface area contributed by atoms with E-state index in [2.05, 4.69) is 6.92 Å². The first-order valence-corrected chi connectivity index (χ1v) is 12.0. The highest BCUT2D eigenvalue weighted by molar-refractivity contribution is 6.01. The number of carbonyl (C=O) groups excluding carboxylic acids is 3. The predicted octanol–water partition coefficient (Wildman–Crippen LogP) is 2.90. The molecule has 1 aliphatic heterocycles. The van der Waals surface area contributed by atoms with Crippen LogP contribution in [0.1, 0.15) is 60.3 Å². The lowest BCUT2D eigenvalue weighted by Crippen LogP contribution is -2.68. The van der Waals surface area contributed by atoms with E-state index in [-0.39, 0.29) is 35.1 Å². The van der Waals surface area contributed by atoms with Crippen molar-refractivity contribution in [3.8, 4) is 0 Å². The third-order valence-electron chi connectivity index (χ3n) is 9.44. The van der Waals surface area contributed by atoms with Gasteiger partial charge < -0.3 is 19.3 Å². The van der Waals surface area contributed by atoms with E-state index < -0.39 is 41.3 Å². The van der Waals surface area contributed by atoms with Crippen molar-refractivity contribution in [3.05, 3.63) is 23.8 Å². The van der Waals surface area contributed by atoms with E-state index in [1.54, 1.807) is 12.2 Å². The summed E-state index contributed by atoms with van der Waals surface area (Å²) in [6.07, 6.45) is 7.28. The van der Waals surface area contributed by atoms with Crippen LogP contribution in [0.2, 0.25) is 0 Å². The Labute approximate surface area is 194 Å². The van der Waals surface area contributed by atoms with Crippen molar-refractivity contribution in [1.82, 2.24) is 0 Å². The van der Waals surface area contributed by atoms with Crippen molar-refractivity contribution in [2.24, 2.45) is 28.6 Å². The van der Waals surface area contributed by atoms with Gasteiger partial charge in [-0.15, -0.1) is 0 Å². The van der Waals surface area contributed by atoms with Crippen molar-refractivity contribution in [2.75, 3.05) is 6.61 Å². The Hall–Kier alpha value is -1.83. The topological polar surface area (TPSA) is 99.1 Å². The molecule has 8 atom stereocenters. The number of Topliss-reactive ketones (excluding diaryl/α,β-unsaturated/α-hetero) is 1. The molecule has 0 bridgehead atoms. The number of esters is 1. The van der Waals surface area contributed by atoms with Gasteiger partial charge in [0.2, 0.25) is 5.78 Å². The number of ether oxygens (including phenoxy) is 3. The quantitative estimate of drug-likeness (QED) is 0.649. The number of aliphatic hydroxyl groups is 1. The lowest BCUT2D eigenvalue weighted by atomic mass is 9.45. The van der Waals surface area contributed by atoms with E-state index >= 15 is 0 Å². The zero-order chi connectivity index (χ0) is 24.0. The molecule has 0 radical (unpaired) electrons. The summed E-state index contributed by atoms with van der Waals surface area (Å²) in [6.45, 7) is 8.69. The van der Waals surface area contributed by atoms with Crippen LogP contribution >= 0.6 is 0 Å². The maximum atomic E-state index is 13.3. The van der Waals surface area contributed by atoms with Gasteiger partial charge in [-0.05, 0) is 63.5 Å². The fraction of sp³-hybridized carbons (Fsp3) is 0.731. The van der Waals surface area contributed by atoms with Gasteiger partial charge in [-0.1, -0.05) is 25.5 Å². The van der Waals surface area contributed by atoms with Crippen molar-refractivity contribution in [3.63, 3.8) is 0 Å². The molecular formula is C26H34O7. The highest BCUT2D eigenvalue weighted by Gasteiger charge is 2.75. The molecule has 1 saturated heterocycles. The normalized spacial score (nSPS) is 47.2. The maximum Gasteiger partial charge on any atom is 0.303 e. The van der Waals surface area contributed by atoms with Crippen molar-refractivity contribution in [1.29, 1.82) is 0 Å². The fourth-order valence-electron chi connectivity index (χ4n) is 7.97. The summed E-state index contributed by atoms with van der Waals surface area (Å²) in [5.41, 5.74) is -1.76. The Morgan fingerprint density at radius 2 is 1.91 bits per heavy atom. The number of allylic oxidation sites excluding steroid dienone is 4. The number of fused-ring (bicyclic) bond motifs is 8. The zero-order valence-electron chi connectivity index (χ0n) is 20.1. The lowest BCUT2D eigenvalue weighted by molar-refractivity contribution is -0.206. The summed E-state index contributed by atoms with van der Waals surface area (Å²) in [6, 6.07) is 0. The minimum Gasteiger partial charge on any atom is -0.458 e. The number of hydrogen-bond donors (Lipinski definition) is 1. The lowest BCUT2D eigenvalue weighted by Gasteiger charge is -2.61. The molecule has 7 nitrogen and oxygen atoms in total. The number of rotatable bonds is 3. The minimum atomic E-state index is -1.67. The van der Waals surface area contributed by atoms with Crippen LogP contribution in [-0.4, -0.2) is 52.8 Å². The van der Waals surface area contributed by atoms with Gasteiger partial charge in [0.05, 0.1) is 12.2 Å². The Kier molecular flexibility index (Phi) is 4.93. The molecule has 0 spiro atoms. The molecule has 1 N–H and O–H groups in total. The molecule has 5 aliphatic rings. The molecule has 7 heteroatoms. The largest absolute Gasteiger partial charge is 0.458 e. The highest BCUT2D eigenvalue weighted by Crippen LogP contribution is 2.69. The maximum absolute atomic E-state index is 13.3. The summed E-state index contributed by atoms with van der Waals surface area (Å²) in [5.74, 6) is -1.56. The molecule has 4 aliphatic carbocycles. The summed E-state index contributed by atoms with van der Waals surface area (Å²) in [7, 11) is 0. The Morgan fingerprint density at radius 1 is 1.18 bits per heavy atom. The average molecular weight is 459 g/mol. The van der Waals surface area contributed by atoms with Crippen LogP contribution in [0.5, 0.6) is 0 Å². The van der Waals surface area contributed by atoms with Gasteiger partial charge in [0.25, 0.3) is 0 Å². The predicted molar refractivity (Wildman–Crippen MR) is 118 cm³/mol. The first kappa shape index (κ1) is 22.9. The Morgan fingerprint density at radius 3 is 2.61 bits per heavy atom. The van der Waals surface area contributed by atoms with Gasteiger partial charge in [-0.2, -0.15) is 0 Å². The number of ketones is 2. The van der Waals surface area contributed by atoms with Crippen LogP contribution in [0.25, 0.3) is 0 Å². The summed E-state index contributed by atoms with van der Waals surface area (Å²) >= 11 is 0. The SMILES string of the molecule is CC(=O)OCC(=O)C1(O)CCC2C3CCC4=CC(=O)C=CC4(C)C3C3OC(C)(C)OC3C21C. The van der Waals surface area contributed by atoms with Crippen molar-refractivity contribution >= 4 is 17.5 Å². The second-order valence-corrected chi connectivity index (χ2v) is 11.4. The third kappa shape index (κ3) is 3.01. The Bertz CT molecular complexity index is 979. The van der Waals surface area contributed by atoms with Crippen LogP contribution in [0.15, 0.2) is 23.8 Å². The number of carbonyl (C=O) groups is 3. The van der Waals surface area contributed by atoms with Crippen molar-refractivity contribution < 1.29 is 33.7 Å². The highest BCUT2D eigenvalue weighted by atomic mass is 16.8. The van der Waals surface area contributed by atoms with Gasteiger partial charge in [0.15, 0.2) is 18.2 Å². The molecule has 0 aromatic rings. The summed E-state index contributed by atoms with van der Waals surface area (Å²) < 4.78 is 18.0. The Balaban J connectivity index is 1.60. The van der Waals surface area contributed by atoms with E-state index in [1.807, 2.05) is 26.8 Å². The molecule has 1 heterocycles. The van der Waals surface area contributed by atoms with E-state index in [0.717, 1.165) is 18.4 Å². The molecule has 8 unspecified atom stereocenters. The smallest absolute Gasteiger partial charge is 0.303 e.